The number of hydrogen-bond donors (Lipinski definition) is 1. The molecule has 0 bridgehead atoms. The van der Waals surface area contributed by atoms with E-state index in [0.717, 1.165) is 11.3 Å². The smallest absolute Gasteiger partial charge is 0.278 e. The summed E-state index contributed by atoms with van der Waals surface area (Å²) in [7, 11) is 3.15. The summed E-state index contributed by atoms with van der Waals surface area (Å²) in [6, 6.07) is 12.7. The number of nitrogens with zero attached hydrogens (tertiary/aromatic N) is 1. The molecule has 146 valence electrons. The van der Waals surface area contributed by atoms with Crippen molar-refractivity contribution in [2.45, 2.75) is 20.5 Å². The quantitative estimate of drug-likeness (QED) is 0.661. The lowest BCUT2D eigenvalue weighted by Gasteiger charge is -2.11. The van der Waals surface area contributed by atoms with E-state index in [1.807, 2.05) is 19.1 Å². The molecule has 3 rings (SSSR count). The van der Waals surface area contributed by atoms with Gasteiger partial charge in [-0.1, -0.05) is 11.2 Å². The number of ether oxygens (including phenoxy) is 3. The molecule has 0 aliphatic heterocycles. The Hall–Kier alpha value is -3.48. The Morgan fingerprint density at radius 2 is 1.75 bits per heavy atom. The SMILES string of the molecule is COc1ccc(OCc2c(C(=O)Nc3cc(C)ccc3OC)noc2C)cc1. The third kappa shape index (κ3) is 4.25. The third-order valence-corrected chi connectivity index (χ3v) is 4.25. The summed E-state index contributed by atoms with van der Waals surface area (Å²) in [6.07, 6.45) is 0. The van der Waals surface area contributed by atoms with Gasteiger partial charge < -0.3 is 24.1 Å². The van der Waals surface area contributed by atoms with Gasteiger partial charge in [0.05, 0.1) is 25.5 Å². The molecule has 0 aliphatic rings. The van der Waals surface area contributed by atoms with Gasteiger partial charge in [0.1, 0.15) is 29.6 Å². The lowest BCUT2D eigenvalue weighted by molar-refractivity contribution is 0.101. The van der Waals surface area contributed by atoms with E-state index in [0.29, 0.717) is 28.5 Å². The van der Waals surface area contributed by atoms with Crippen LogP contribution < -0.4 is 19.5 Å². The number of methoxy groups -OCH3 is 2. The summed E-state index contributed by atoms with van der Waals surface area (Å²) in [5, 5.41) is 6.73. The average Bonchev–Trinajstić information content (AvgIpc) is 3.07. The molecule has 0 unspecified atom stereocenters. The minimum Gasteiger partial charge on any atom is -0.497 e. The molecule has 3 aromatic rings. The largest absolute Gasteiger partial charge is 0.497 e. The molecule has 1 heterocycles. The Labute approximate surface area is 163 Å². The van der Waals surface area contributed by atoms with Crippen LogP contribution in [0.2, 0.25) is 0 Å². The minimum atomic E-state index is -0.394. The fourth-order valence-electron chi connectivity index (χ4n) is 2.67. The molecule has 0 atom stereocenters. The fourth-order valence-corrected chi connectivity index (χ4v) is 2.67. The summed E-state index contributed by atoms with van der Waals surface area (Å²) < 4.78 is 21.4. The van der Waals surface area contributed by atoms with Gasteiger partial charge in [0.25, 0.3) is 5.91 Å². The van der Waals surface area contributed by atoms with Crippen LogP contribution in [0.5, 0.6) is 17.2 Å². The van der Waals surface area contributed by atoms with Crippen LogP contribution in [0, 0.1) is 13.8 Å². The van der Waals surface area contributed by atoms with E-state index in [1.54, 1.807) is 51.5 Å². The summed E-state index contributed by atoms with van der Waals surface area (Å²) in [4.78, 5) is 12.8. The first-order valence-electron chi connectivity index (χ1n) is 8.69. The van der Waals surface area contributed by atoms with Crippen molar-refractivity contribution in [2.75, 3.05) is 19.5 Å². The highest BCUT2D eigenvalue weighted by molar-refractivity contribution is 6.04. The molecule has 0 spiro atoms. The zero-order valence-electron chi connectivity index (χ0n) is 16.2. The van der Waals surface area contributed by atoms with Gasteiger partial charge >= 0.3 is 0 Å². The molecular formula is C21H22N2O5. The topological polar surface area (TPSA) is 82.8 Å². The molecule has 0 radical (unpaired) electrons. The number of carbonyl (C=O) groups excluding carboxylic acids is 1. The fraction of sp³-hybridized carbons (Fsp3) is 0.238. The van der Waals surface area contributed by atoms with Gasteiger partial charge in [-0.05, 0) is 55.8 Å². The predicted molar refractivity (Wildman–Crippen MR) is 104 cm³/mol. The highest BCUT2D eigenvalue weighted by Gasteiger charge is 2.21. The van der Waals surface area contributed by atoms with E-state index in [1.165, 1.54) is 0 Å². The van der Waals surface area contributed by atoms with Crippen molar-refractivity contribution in [1.82, 2.24) is 5.16 Å². The molecule has 0 saturated heterocycles. The number of carbonyl (C=O) groups is 1. The van der Waals surface area contributed by atoms with E-state index >= 15 is 0 Å². The molecule has 7 heteroatoms. The first-order chi connectivity index (χ1) is 13.5. The second-order valence-corrected chi connectivity index (χ2v) is 6.19. The van der Waals surface area contributed by atoms with Crippen molar-refractivity contribution < 1.29 is 23.5 Å². The number of aryl methyl sites for hydroxylation is 2. The first-order valence-corrected chi connectivity index (χ1v) is 8.69. The lowest BCUT2D eigenvalue weighted by Crippen LogP contribution is -2.16. The normalized spacial score (nSPS) is 10.4. The molecular weight excluding hydrogens is 360 g/mol. The highest BCUT2D eigenvalue weighted by Crippen LogP contribution is 2.27. The Bertz CT molecular complexity index is 963. The summed E-state index contributed by atoms with van der Waals surface area (Å²) in [6.45, 7) is 3.82. The summed E-state index contributed by atoms with van der Waals surface area (Å²) >= 11 is 0. The van der Waals surface area contributed by atoms with Gasteiger partial charge in [0.15, 0.2) is 5.69 Å². The van der Waals surface area contributed by atoms with Crippen molar-refractivity contribution in [1.29, 1.82) is 0 Å². The van der Waals surface area contributed by atoms with Crippen LogP contribution in [0.15, 0.2) is 47.0 Å². The van der Waals surface area contributed by atoms with Crippen molar-refractivity contribution >= 4 is 11.6 Å². The number of rotatable bonds is 7. The Kier molecular flexibility index (Phi) is 5.84. The Morgan fingerprint density at radius 3 is 2.43 bits per heavy atom. The zero-order chi connectivity index (χ0) is 20.1. The van der Waals surface area contributed by atoms with Crippen LogP contribution in [0.3, 0.4) is 0 Å². The molecule has 28 heavy (non-hydrogen) atoms. The standard InChI is InChI=1S/C21H22N2O5/c1-13-5-10-19(26-4)18(11-13)22-21(24)20-17(14(2)28-23-20)12-27-16-8-6-15(25-3)7-9-16/h5-11H,12H2,1-4H3,(H,22,24). The van der Waals surface area contributed by atoms with Gasteiger partial charge in [-0.3, -0.25) is 4.79 Å². The van der Waals surface area contributed by atoms with Gasteiger partial charge in [-0.15, -0.1) is 0 Å². The average molecular weight is 382 g/mol. The van der Waals surface area contributed by atoms with E-state index < -0.39 is 5.91 Å². The van der Waals surface area contributed by atoms with Crippen LogP contribution in [0.25, 0.3) is 0 Å². The monoisotopic (exact) mass is 382 g/mol. The van der Waals surface area contributed by atoms with Gasteiger partial charge in [0, 0.05) is 0 Å². The van der Waals surface area contributed by atoms with Crippen molar-refractivity contribution in [3.05, 3.63) is 65.0 Å². The molecule has 7 nitrogen and oxygen atoms in total. The lowest BCUT2D eigenvalue weighted by atomic mass is 10.1. The molecule has 2 aromatic carbocycles. The second-order valence-electron chi connectivity index (χ2n) is 6.19. The molecule has 0 fully saturated rings. The molecule has 1 amide bonds. The molecule has 1 N–H and O–H groups in total. The number of hydrogen-bond acceptors (Lipinski definition) is 6. The van der Waals surface area contributed by atoms with Gasteiger partial charge in [-0.2, -0.15) is 0 Å². The number of benzene rings is 2. The molecule has 0 aliphatic carbocycles. The molecule has 1 aromatic heterocycles. The predicted octanol–water partition coefficient (Wildman–Crippen LogP) is 4.14. The van der Waals surface area contributed by atoms with Crippen molar-refractivity contribution in [3.63, 3.8) is 0 Å². The zero-order valence-corrected chi connectivity index (χ0v) is 16.2. The number of amides is 1. The third-order valence-electron chi connectivity index (χ3n) is 4.25. The van der Waals surface area contributed by atoms with Crippen molar-refractivity contribution in [2.24, 2.45) is 0 Å². The Morgan fingerprint density at radius 1 is 1.04 bits per heavy atom. The summed E-state index contributed by atoms with van der Waals surface area (Å²) in [5.74, 6) is 2.08. The van der Waals surface area contributed by atoms with E-state index in [9.17, 15) is 4.79 Å². The number of anilines is 1. The van der Waals surface area contributed by atoms with E-state index in [-0.39, 0.29) is 12.3 Å². The van der Waals surface area contributed by atoms with E-state index in [4.69, 9.17) is 18.7 Å². The van der Waals surface area contributed by atoms with Crippen LogP contribution >= 0.6 is 0 Å². The Balaban J connectivity index is 1.76. The summed E-state index contributed by atoms with van der Waals surface area (Å²) in [5.41, 5.74) is 2.32. The van der Waals surface area contributed by atoms with Crippen LogP contribution in [0.4, 0.5) is 5.69 Å². The van der Waals surface area contributed by atoms with Crippen LogP contribution in [0.1, 0.15) is 27.4 Å². The van der Waals surface area contributed by atoms with Gasteiger partial charge in [-0.25, -0.2) is 0 Å². The minimum absolute atomic E-state index is 0.148. The first kappa shape index (κ1) is 19.3. The van der Waals surface area contributed by atoms with E-state index in [2.05, 4.69) is 10.5 Å². The highest BCUT2D eigenvalue weighted by atomic mass is 16.5. The second kappa shape index (κ2) is 8.47. The maximum Gasteiger partial charge on any atom is 0.278 e. The maximum atomic E-state index is 12.8. The van der Waals surface area contributed by atoms with Gasteiger partial charge in [0.2, 0.25) is 0 Å². The van der Waals surface area contributed by atoms with Crippen molar-refractivity contribution in [3.8, 4) is 17.2 Å². The number of aromatic nitrogens is 1. The van der Waals surface area contributed by atoms with Crippen LogP contribution in [-0.4, -0.2) is 25.3 Å². The number of nitrogens with one attached hydrogen (secondary N) is 1. The molecule has 0 saturated carbocycles. The maximum absolute atomic E-state index is 12.8. The van der Waals surface area contributed by atoms with Crippen LogP contribution in [-0.2, 0) is 6.61 Å².